The lowest BCUT2D eigenvalue weighted by molar-refractivity contribution is -0.383. The topological polar surface area (TPSA) is 137 Å². The molecule has 11 nitrogen and oxygen atoms in total. The van der Waals surface area contributed by atoms with Gasteiger partial charge in [0, 0.05) is 37.7 Å². The molecule has 3 N–H and O–H groups in total. The van der Waals surface area contributed by atoms with E-state index >= 15 is 0 Å². The number of nitrogens with one attached hydrogen (secondary N) is 2. The zero-order chi connectivity index (χ0) is 27.4. The highest BCUT2D eigenvalue weighted by atomic mass is 16.6. The number of likely N-dealkylation sites (N-methyl/N-ethyl adjacent to an activating group) is 1. The molecule has 2 saturated heterocycles. The molecule has 2 aromatic carbocycles. The Bertz CT molecular complexity index is 1170. The van der Waals surface area contributed by atoms with Gasteiger partial charge in [0.25, 0.3) is 11.6 Å². The summed E-state index contributed by atoms with van der Waals surface area (Å²) in [6.45, 7) is 4.92. The average molecular weight is 528 g/mol. The van der Waals surface area contributed by atoms with E-state index < -0.39 is 17.1 Å². The second kappa shape index (κ2) is 12.1. The molecule has 2 aromatic rings. The van der Waals surface area contributed by atoms with Crippen molar-refractivity contribution in [2.75, 3.05) is 26.8 Å². The second-order valence-corrected chi connectivity index (χ2v) is 10.5. The smallest absolute Gasteiger partial charge is 0.327 e. The van der Waals surface area contributed by atoms with Crippen LogP contribution in [0.2, 0.25) is 0 Å². The van der Waals surface area contributed by atoms with Gasteiger partial charge in [-0.05, 0) is 30.9 Å². The fraction of sp³-hybridized carbons (Fsp3) is 0.556. The minimum Gasteiger partial charge on any atom is -0.491 e. The Hall–Kier alpha value is -3.28. The van der Waals surface area contributed by atoms with Crippen molar-refractivity contribution in [1.29, 1.82) is 0 Å². The van der Waals surface area contributed by atoms with Crippen molar-refractivity contribution in [3.8, 4) is 5.75 Å². The Labute approximate surface area is 222 Å². The Balaban J connectivity index is 1.59. The van der Waals surface area contributed by atoms with Crippen molar-refractivity contribution in [1.82, 2.24) is 20.4 Å². The fourth-order valence-corrected chi connectivity index (χ4v) is 5.37. The molecule has 2 fully saturated rings. The number of unbranched alkanes of at least 4 members (excludes halogenated alkanes) is 2. The zero-order valence-corrected chi connectivity index (χ0v) is 22.1. The summed E-state index contributed by atoms with van der Waals surface area (Å²) in [5.74, 6) is 0.470. The van der Waals surface area contributed by atoms with Crippen molar-refractivity contribution in [3.63, 3.8) is 0 Å². The minimum atomic E-state index is -0.587. The number of nitro groups is 1. The Morgan fingerprint density at radius 3 is 2.47 bits per heavy atom. The second-order valence-electron chi connectivity index (χ2n) is 10.5. The average Bonchev–Trinajstić information content (AvgIpc) is 2.90. The minimum absolute atomic E-state index is 0.0164. The lowest BCUT2D eigenvalue weighted by Gasteiger charge is -2.51. The first kappa shape index (κ1) is 27.7. The van der Waals surface area contributed by atoms with Gasteiger partial charge in [-0.15, -0.1) is 0 Å². The molecule has 2 heterocycles. The third-order valence-electron chi connectivity index (χ3n) is 7.26. The zero-order valence-electron chi connectivity index (χ0n) is 22.1. The van der Waals surface area contributed by atoms with E-state index in [-0.39, 0.29) is 48.8 Å². The van der Waals surface area contributed by atoms with Crippen LogP contribution in [0.3, 0.4) is 0 Å². The quantitative estimate of drug-likeness (QED) is 0.230. The molecule has 38 heavy (non-hydrogen) atoms. The number of hydrogen-bond acceptors (Lipinski definition) is 8. The predicted octanol–water partition coefficient (Wildman–Crippen LogP) is 2.85. The molecule has 4 unspecified atom stereocenters. The number of non-ortho nitro benzene ring substituents is 1. The molecule has 4 rings (SSSR count). The summed E-state index contributed by atoms with van der Waals surface area (Å²) in [5, 5.41) is 28.9. The van der Waals surface area contributed by atoms with E-state index in [2.05, 4.69) is 10.6 Å². The number of carbonyl (C=O) groups is 2. The number of amides is 3. The van der Waals surface area contributed by atoms with E-state index in [1.54, 1.807) is 29.2 Å². The molecule has 206 valence electrons. The van der Waals surface area contributed by atoms with E-state index in [0.717, 1.165) is 19.3 Å². The van der Waals surface area contributed by atoms with Crippen LogP contribution in [0.1, 0.15) is 39.5 Å². The Morgan fingerprint density at radius 2 is 1.79 bits per heavy atom. The van der Waals surface area contributed by atoms with Gasteiger partial charge in [-0.25, -0.2) is 4.79 Å². The first-order valence-corrected chi connectivity index (χ1v) is 13.2. The highest BCUT2D eigenvalue weighted by Crippen LogP contribution is 2.33. The number of imide groups is 1. The molecule has 3 amide bonds. The van der Waals surface area contributed by atoms with Crippen LogP contribution >= 0.6 is 0 Å². The molecule has 0 spiro atoms. The molecule has 2 aliphatic heterocycles. The van der Waals surface area contributed by atoms with Crippen molar-refractivity contribution >= 4 is 28.4 Å². The number of nitro benzene ring substituents is 1. The van der Waals surface area contributed by atoms with Gasteiger partial charge < -0.3 is 14.7 Å². The standard InChI is InChI=1S/C27H37N5O6/c1-17(2)15-31-25-24(26(34)30(3)27(31)35)28-20(11-5-4-8-14-33)21(29-25)16-38-23-13-12-22(32(36)37)18-9-6-7-10-19(18)23/h6-7,9-10,12-13,17,20-21,24-25,28-29,33H,4-5,8,11,14-16H2,1-3H3. The molecule has 0 saturated carbocycles. The highest BCUT2D eigenvalue weighted by Gasteiger charge is 2.50. The SMILES string of the molecule is CC(C)CN1C(=O)N(C)C(=O)C2NC(CCCCCO)C(COc3ccc([N+](=O)[O-])c4ccccc34)NC21. The first-order valence-electron chi connectivity index (χ1n) is 13.2. The third kappa shape index (κ3) is 5.74. The molecule has 2 aliphatic rings. The summed E-state index contributed by atoms with van der Waals surface area (Å²) in [5.41, 5.74) is 0.0164. The van der Waals surface area contributed by atoms with Crippen LogP contribution in [-0.2, 0) is 4.79 Å². The largest absolute Gasteiger partial charge is 0.491 e. The van der Waals surface area contributed by atoms with E-state index in [0.29, 0.717) is 29.5 Å². The van der Waals surface area contributed by atoms with Crippen molar-refractivity contribution < 1.29 is 24.4 Å². The van der Waals surface area contributed by atoms with Gasteiger partial charge in [0.2, 0.25) is 0 Å². The fourth-order valence-electron chi connectivity index (χ4n) is 5.37. The van der Waals surface area contributed by atoms with Crippen LogP contribution in [-0.4, -0.2) is 82.9 Å². The van der Waals surface area contributed by atoms with Gasteiger partial charge in [0.05, 0.1) is 16.4 Å². The summed E-state index contributed by atoms with van der Waals surface area (Å²) >= 11 is 0. The van der Waals surface area contributed by atoms with Crippen molar-refractivity contribution in [3.05, 3.63) is 46.5 Å². The van der Waals surface area contributed by atoms with E-state index in [1.807, 2.05) is 19.9 Å². The maximum absolute atomic E-state index is 13.1. The maximum Gasteiger partial charge on any atom is 0.327 e. The molecule has 0 radical (unpaired) electrons. The van der Waals surface area contributed by atoms with E-state index in [1.165, 1.54) is 18.0 Å². The van der Waals surface area contributed by atoms with Crippen molar-refractivity contribution in [2.24, 2.45) is 5.92 Å². The summed E-state index contributed by atoms with van der Waals surface area (Å²) in [7, 11) is 1.51. The number of hydrogen-bond donors (Lipinski definition) is 3. The highest BCUT2D eigenvalue weighted by molar-refractivity contribution is 6.00. The number of aliphatic hydroxyl groups excluding tert-OH is 1. The van der Waals surface area contributed by atoms with Crippen LogP contribution < -0.4 is 15.4 Å². The van der Waals surface area contributed by atoms with Crippen LogP contribution in [0, 0.1) is 16.0 Å². The summed E-state index contributed by atoms with van der Waals surface area (Å²) in [6, 6.07) is 8.86. The van der Waals surface area contributed by atoms with Gasteiger partial charge >= 0.3 is 6.03 Å². The number of nitrogens with zero attached hydrogens (tertiary/aromatic N) is 3. The molecule has 0 aromatic heterocycles. The number of aliphatic hydroxyl groups is 1. The van der Waals surface area contributed by atoms with Gasteiger partial charge in [-0.1, -0.05) is 44.9 Å². The molecule has 0 bridgehead atoms. The number of carbonyl (C=O) groups excluding carboxylic acids is 2. The molecular weight excluding hydrogens is 490 g/mol. The van der Waals surface area contributed by atoms with E-state index in [9.17, 15) is 24.8 Å². The van der Waals surface area contributed by atoms with Crippen LogP contribution in [0.25, 0.3) is 10.8 Å². The summed E-state index contributed by atoms with van der Waals surface area (Å²) in [6.07, 6.45) is 2.65. The van der Waals surface area contributed by atoms with Crippen molar-refractivity contribution in [2.45, 2.75) is 63.8 Å². The monoisotopic (exact) mass is 527 g/mol. The number of rotatable bonds is 11. The van der Waals surface area contributed by atoms with Crippen LogP contribution in [0.5, 0.6) is 5.75 Å². The lowest BCUT2D eigenvalue weighted by Crippen LogP contribution is -2.79. The Morgan fingerprint density at radius 1 is 1.05 bits per heavy atom. The molecule has 11 heteroatoms. The number of ether oxygens (including phenoxy) is 1. The molecule has 4 atom stereocenters. The summed E-state index contributed by atoms with van der Waals surface area (Å²) in [4.78, 5) is 40.1. The van der Waals surface area contributed by atoms with Gasteiger partial charge in [-0.3, -0.25) is 30.4 Å². The van der Waals surface area contributed by atoms with E-state index in [4.69, 9.17) is 4.74 Å². The number of urea groups is 1. The summed E-state index contributed by atoms with van der Waals surface area (Å²) < 4.78 is 6.26. The Kier molecular flexibility index (Phi) is 8.80. The lowest BCUT2D eigenvalue weighted by atomic mass is 9.93. The van der Waals surface area contributed by atoms with Crippen LogP contribution in [0.15, 0.2) is 36.4 Å². The normalized spacial score (nSPS) is 23.7. The number of piperazine rings is 1. The van der Waals surface area contributed by atoms with Gasteiger partial charge in [0.15, 0.2) is 0 Å². The van der Waals surface area contributed by atoms with Gasteiger partial charge in [-0.2, -0.15) is 0 Å². The molecular formula is C27H37N5O6. The van der Waals surface area contributed by atoms with Crippen LogP contribution in [0.4, 0.5) is 10.5 Å². The predicted molar refractivity (Wildman–Crippen MR) is 143 cm³/mol. The first-order chi connectivity index (χ1) is 18.2. The third-order valence-corrected chi connectivity index (χ3v) is 7.26. The molecule has 0 aliphatic carbocycles. The number of benzene rings is 2. The number of fused-ring (bicyclic) bond motifs is 2. The maximum atomic E-state index is 13.1. The van der Waals surface area contributed by atoms with Gasteiger partial charge in [0.1, 0.15) is 24.6 Å².